The van der Waals surface area contributed by atoms with E-state index in [1.54, 1.807) is 36.4 Å². The number of rotatable bonds is 5. The number of amides is 3. The van der Waals surface area contributed by atoms with Crippen molar-refractivity contribution >= 4 is 35.0 Å². The number of carbonyl (C=O) groups excluding carboxylic acids is 3. The van der Waals surface area contributed by atoms with Crippen molar-refractivity contribution in [3.63, 3.8) is 0 Å². The molecule has 0 unspecified atom stereocenters. The summed E-state index contributed by atoms with van der Waals surface area (Å²) in [6.45, 7) is 0.290. The molecule has 27 heavy (non-hydrogen) atoms. The number of ether oxygens (including phenoxy) is 2. The number of anilines is 1. The van der Waals surface area contributed by atoms with Gasteiger partial charge < -0.3 is 14.8 Å². The van der Waals surface area contributed by atoms with E-state index in [0.29, 0.717) is 39.8 Å². The molecule has 0 bridgehead atoms. The number of benzene rings is 2. The molecule has 2 aromatic rings. The second kappa shape index (κ2) is 6.92. The third-order valence-corrected chi connectivity index (χ3v) is 4.71. The van der Waals surface area contributed by atoms with E-state index < -0.39 is 0 Å². The predicted octanol–water partition coefficient (Wildman–Crippen LogP) is 3.08. The maximum Gasteiger partial charge on any atom is 0.261 e. The molecule has 0 radical (unpaired) electrons. The highest BCUT2D eigenvalue weighted by atomic mass is 35.5. The molecule has 8 heteroatoms. The molecule has 7 nitrogen and oxygen atoms in total. The Morgan fingerprint density at radius 2 is 1.70 bits per heavy atom. The number of hydrogen-bond donors (Lipinski definition) is 1. The van der Waals surface area contributed by atoms with Crippen LogP contribution < -0.4 is 14.8 Å². The Labute approximate surface area is 159 Å². The third kappa shape index (κ3) is 3.21. The summed E-state index contributed by atoms with van der Waals surface area (Å²) in [7, 11) is 0. The van der Waals surface area contributed by atoms with Crippen LogP contribution in [0, 0.1) is 0 Å². The normalized spacial score (nSPS) is 14.5. The fourth-order valence-electron chi connectivity index (χ4n) is 3.07. The van der Waals surface area contributed by atoms with Gasteiger partial charge in [0.15, 0.2) is 11.5 Å². The zero-order chi connectivity index (χ0) is 19.0. The molecule has 0 saturated carbocycles. The van der Waals surface area contributed by atoms with E-state index in [0.717, 1.165) is 0 Å². The van der Waals surface area contributed by atoms with Crippen LogP contribution >= 0.6 is 11.6 Å². The van der Waals surface area contributed by atoms with Gasteiger partial charge in [-0.15, -0.1) is 0 Å². The lowest BCUT2D eigenvalue weighted by atomic mass is 10.1. The van der Waals surface area contributed by atoms with Crippen LogP contribution in [0.15, 0.2) is 36.4 Å². The number of hydrogen-bond acceptors (Lipinski definition) is 5. The van der Waals surface area contributed by atoms with Gasteiger partial charge in [0.25, 0.3) is 11.8 Å². The minimum Gasteiger partial charge on any atom is -0.454 e. The van der Waals surface area contributed by atoms with E-state index in [1.165, 1.54) is 4.90 Å². The fourth-order valence-corrected chi connectivity index (χ4v) is 3.27. The Kier molecular flexibility index (Phi) is 4.45. The average molecular weight is 387 g/mol. The standard InChI is InChI=1S/C19H15ClN2O5/c20-13-8-15-16(27-10-26-15)9-14(13)21-17(23)6-3-7-22-18(24)11-4-1-2-5-12(11)19(22)25/h1-2,4-5,8-9H,3,6-7,10H2,(H,21,23). The van der Waals surface area contributed by atoms with Crippen molar-refractivity contribution in [2.24, 2.45) is 0 Å². The highest BCUT2D eigenvalue weighted by molar-refractivity contribution is 6.34. The van der Waals surface area contributed by atoms with Gasteiger partial charge in [0, 0.05) is 25.1 Å². The van der Waals surface area contributed by atoms with Gasteiger partial charge in [-0.05, 0) is 18.6 Å². The van der Waals surface area contributed by atoms with Crippen LogP contribution in [0.5, 0.6) is 11.5 Å². The molecule has 1 N–H and O–H groups in total. The van der Waals surface area contributed by atoms with Crippen LogP contribution in [0.25, 0.3) is 0 Å². The Morgan fingerprint density at radius 1 is 1.07 bits per heavy atom. The molecule has 2 aromatic carbocycles. The number of imide groups is 1. The molecule has 2 aliphatic heterocycles. The maximum atomic E-state index is 12.3. The van der Waals surface area contributed by atoms with Crippen molar-refractivity contribution < 1.29 is 23.9 Å². The van der Waals surface area contributed by atoms with E-state index in [4.69, 9.17) is 21.1 Å². The van der Waals surface area contributed by atoms with Gasteiger partial charge in [-0.25, -0.2) is 0 Å². The molecule has 4 rings (SSSR count). The number of nitrogens with zero attached hydrogens (tertiary/aromatic N) is 1. The molecule has 2 aliphatic rings. The Hall–Kier alpha value is -3.06. The Balaban J connectivity index is 1.33. The number of nitrogens with one attached hydrogen (secondary N) is 1. The minimum atomic E-state index is -0.324. The van der Waals surface area contributed by atoms with Crippen LogP contribution in [0.3, 0.4) is 0 Å². The Bertz CT molecular complexity index is 924. The zero-order valence-electron chi connectivity index (χ0n) is 14.2. The van der Waals surface area contributed by atoms with Gasteiger partial charge in [0.1, 0.15) is 0 Å². The molecule has 0 aliphatic carbocycles. The van der Waals surface area contributed by atoms with E-state index in [1.807, 2.05) is 0 Å². The average Bonchev–Trinajstić information content (AvgIpc) is 3.20. The highest BCUT2D eigenvalue weighted by Crippen LogP contribution is 2.39. The number of carbonyl (C=O) groups is 3. The van der Waals surface area contributed by atoms with Gasteiger partial charge in [0.05, 0.1) is 21.8 Å². The van der Waals surface area contributed by atoms with E-state index in [9.17, 15) is 14.4 Å². The van der Waals surface area contributed by atoms with E-state index in [-0.39, 0.29) is 37.5 Å². The first-order valence-corrected chi connectivity index (χ1v) is 8.76. The molecule has 0 saturated heterocycles. The summed E-state index contributed by atoms with van der Waals surface area (Å²) in [5, 5.41) is 3.05. The first-order valence-electron chi connectivity index (χ1n) is 8.39. The molecule has 0 spiro atoms. The summed E-state index contributed by atoms with van der Waals surface area (Å²) in [5.74, 6) is 0.126. The largest absolute Gasteiger partial charge is 0.454 e. The van der Waals surface area contributed by atoms with Gasteiger partial charge in [0.2, 0.25) is 12.7 Å². The van der Waals surface area contributed by atoms with Crippen molar-refractivity contribution in [1.29, 1.82) is 0 Å². The van der Waals surface area contributed by atoms with Crippen LogP contribution in [-0.4, -0.2) is 36.0 Å². The topological polar surface area (TPSA) is 84.9 Å². The van der Waals surface area contributed by atoms with Crippen molar-refractivity contribution in [2.75, 3.05) is 18.7 Å². The van der Waals surface area contributed by atoms with E-state index >= 15 is 0 Å². The van der Waals surface area contributed by atoms with Gasteiger partial charge in [-0.1, -0.05) is 23.7 Å². The van der Waals surface area contributed by atoms with Crippen molar-refractivity contribution in [2.45, 2.75) is 12.8 Å². The number of halogens is 1. The molecule has 2 heterocycles. The second-order valence-electron chi connectivity index (χ2n) is 6.14. The lowest BCUT2D eigenvalue weighted by molar-refractivity contribution is -0.116. The van der Waals surface area contributed by atoms with Crippen LogP contribution in [0.1, 0.15) is 33.6 Å². The van der Waals surface area contributed by atoms with Gasteiger partial charge in [-0.2, -0.15) is 0 Å². The second-order valence-corrected chi connectivity index (χ2v) is 6.55. The van der Waals surface area contributed by atoms with Crippen molar-refractivity contribution in [3.05, 3.63) is 52.5 Å². The van der Waals surface area contributed by atoms with Crippen LogP contribution in [0.2, 0.25) is 5.02 Å². The smallest absolute Gasteiger partial charge is 0.261 e. The lowest BCUT2D eigenvalue weighted by Gasteiger charge is -2.13. The quantitative estimate of drug-likeness (QED) is 0.798. The molecular formula is C19H15ClN2O5. The van der Waals surface area contributed by atoms with Gasteiger partial charge in [-0.3, -0.25) is 19.3 Å². The summed E-state index contributed by atoms with van der Waals surface area (Å²) in [6, 6.07) is 9.88. The summed E-state index contributed by atoms with van der Waals surface area (Å²) in [6.07, 6.45) is 0.484. The fraction of sp³-hybridized carbons (Fsp3) is 0.211. The molecular weight excluding hydrogens is 372 g/mol. The first kappa shape index (κ1) is 17.4. The monoisotopic (exact) mass is 386 g/mol. The molecule has 3 amide bonds. The minimum absolute atomic E-state index is 0.114. The molecule has 138 valence electrons. The number of fused-ring (bicyclic) bond motifs is 2. The van der Waals surface area contributed by atoms with Crippen LogP contribution in [-0.2, 0) is 4.79 Å². The highest BCUT2D eigenvalue weighted by Gasteiger charge is 2.34. The predicted molar refractivity (Wildman–Crippen MR) is 97.2 cm³/mol. The molecule has 0 atom stereocenters. The van der Waals surface area contributed by atoms with Gasteiger partial charge >= 0.3 is 0 Å². The Morgan fingerprint density at radius 3 is 2.37 bits per heavy atom. The molecule has 0 aromatic heterocycles. The molecule has 0 fully saturated rings. The summed E-state index contributed by atoms with van der Waals surface area (Å²) < 4.78 is 10.5. The first-order chi connectivity index (χ1) is 13.0. The third-order valence-electron chi connectivity index (χ3n) is 4.40. The summed E-state index contributed by atoms with van der Waals surface area (Å²) in [4.78, 5) is 37.9. The zero-order valence-corrected chi connectivity index (χ0v) is 14.9. The summed E-state index contributed by atoms with van der Waals surface area (Å²) >= 11 is 6.13. The summed E-state index contributed by atoms with van der Waals surface area (Å²) in [5.41, 5.74) is 1.23. The SMILES string of the molecule is O=C(CCCN1C(=O)c2ccccc2C1=O)Nc1cc2c(cc1Cl)OCO2. The lowest BCUT2D eigenvalue weighted by Crippen LogP contribution is -2.31. The van der Waals surface area contributed by atoms with Crippen LogP contribution in [0.4, 0.5) is 5.69 Å². The van der Waals surface area contributed by atoms with E-state index in [2.05, 4.69) is 5.32 Å². The maximum absolute atomic E-state index is 12.3. The van der Waals surface area contributed by atoms with Crippen molar-refractivity contribution in [1.82, 2.24) is 4.90 Å². The van der Waals surface area contributed by atoms with Crippen molar-refractivity contribution in [3.8, 4) is 11.5 Å².